The lowest BCUT2D eigenvalue weighted by Gasteiger charge is -2.17. The zero-order chi connectivity index (χ0) is 10.4. The van der Waals surface area contributed by atoms with Gasteiger partial charge in [0.25, 0.3) is 0 Å². The Morgan fingerprint density at radius 2 is 1.85 bits per heavy atom. The van der Waals surface area contributed by atoms with E-state index in [0.717, 1.165) is 6.54 Å². The standard InChI is InChI=1S/C10H22N2O/c1-8(2)9(3)6-11-7-10(13)12(4)5/h8-9,11H,6-7H2,1-5H3. The van der Waals surface area contributed by atoms with Crippen LogP contribution in [0.25, 0.3) is 0 Å². The molecule has 1 amide bonds. The van der Waals surface area contributed by atoms with Gasteiger partial charge in [-0.3, -0.25) is 4.79 Å². The van der Waals surface area contributed by atoms with Crippen molar-refractivity contribution < 1.29 is 4.79 Å². The maximum atomic E-state index is 11.2. The summed E-state index contributed by atoms with van der Waals surface area (Å²) >= 11 is 0. The van der Waals surface area contributed by atoms with Gasteiger partial charge in [0.1, 0.15) is 0 Å². The highest BCUT2D eigenvalue weighted by Crippen LogP contribution is 2.07. The molecule has 0 aromatic heterocycles. The van der Waals surface area contributed by atoms with Gasteiger partial charge >= 0.3 is 0 Å². The Labute approximate surface area is 81.5 Å². The van der Waals surface area contributed by atoms with Crippen molar-refractivity contribution in [2.75, 3.05) is 27.2 Å². The number of hydrogen-bond donors (Lipinski definition) is 1. The fourth-order valence-electron chi connectivity index (χ4n) is 0.801. The Balaban J connectivity index is 3.51. The summed E-state index contributed by atoms with van der Waals surface area (Å²) in [7, 11) is 3.55. The van der Waals surface area contributed by atoms with Gasteiger partial charge in [-0.1, -0.05) is 20.8 Å². The molecule has 0 fully saturated rings. The molecule has 0 spiro atoms. The Bertz CT molecular complexity index is 155. The molecular formula is C10H22N2O. The van der Waals surface area contributed by atoms with Crippen molar-refractivity contribution in [3.63, 3.8) is 0 Å². The molecule has 0 radical (unpaired) electrons. The summed E-state index contributed by atoms with van der Waals surface area (Å²) < 4.78 is 0. The Hall–Kier alpha value is -0.570. The molecule has 0 saturated carbocycles. The van der Waals surface area contributed by atoms with E-state index in [1.807, 2.05) is 0 Å². The summed E-state index contributed by atoms with van der Waals surface area (Å²) in [6.07, 6.45) is 0. The molecule has 1 unspecified atom stereocenters. The van der Waals surface area contributed by atoms with E-state index in [9.17, 15) is 4.79 Å². The first kappa shape index (κ1) is 12.4. The van der Waals surface area contributed by atoms with E-state index in [1.165, 1.54) is 0 Å². The normalized spacial score (nSPS) is 13.1. The molecule has 0 aliphatic rings. The monoisotopic (exact) mass is 186 g/mol. The van der Waals surface area contributed by atoms with Gasteiger partial charge in [0.15, 0.2) is 0 Å². The minimum atomic E-state index is 0.135. The van der Waals surface area contributed by atoms with Gasteiger partial charge in [-0.25, -0.2) is 0 Å². The second-order valence-electron chi connectivity index (χ2n) is 4.14. The number of hydrogen-bond acceptors (Lipinski definition) is 2. The van der Waals surface area contributed by atoms with Crippen LogP contribution in [0.15, 0.2) is 0 Å². The van der Waals surface area contributed by atoms with Gasteiger partial charge in [0.2, 0.25) is 5.91 Å². The molecule has 3 heteroatoms. The summed E-state index contributed by atoms with van der Waals surface area (Å²) in [5.41, 5.74) is 0. The van der Waals surface area contributed by atoms with Crippen LogP contribution >= 0.6 is 0 Å². The highest BCUT2D eigenvalue weighted by Gasteiger charge is 2.08. The second kappa shape index (κ2) is 5.97. The predicted octanol–water partition coefficient (Wildman–Crippen LogP) is 0.956. The highest BCUT2D eigenvalue weighted by molar-refractivity contribution is 5.77. The smallest absolute Gasteiger partial charge is 0.236 e. The van der Waals surface area contributed by atoms with Crippen molar-refractivity contribution in [1.82, 2.24) is 10.2 Å². The van der Waals surface area contributed by atoms with Crippen LogP contribution in [0.4, 0.5) is 0 Å². The van der Waals surface area contributed by atoms with Crippen LogP contribution in [0, 0.1) is 11.8 Å². The number of amides is 1. The first-order chi connectivity index (χ1) is 5.95. The Morgan fingerprint density at radius 1 is 1.31 bits per heavy atom. The SMILES string of the molecule is CC(C)C(C)CNCC(=O)N(C)C. The summed E-state index contributed by atoms with van der Waals surface area (Å²) in [5, 5.41) is 3.16. The molecule has 1 atom stereocenters. The maximum Gasteiger partial charge on any atom is 0.236 e. The third-order valence-corrected chi connectivity index (χ3v) is 2.38. The topological polar surface area (TPSA) is 32.3 Å². The van der Waals surface area contributed by atoms with Crippen LogP contribution in [0.5, 0.6) is 0 Å². The first-order valence-electron chi connectivity index (χ1n) is 4.86. The number of likely N-dealkylation sites (N-methyl/N-ethyl adjacent to an activating group) is 1. The molecule has 13 heavy (non-hydrogen) atoms. The molecule has 0 aliphatic carbocycles. The van der Waals surface area contributed by atoms with Crippen molar-refractivity contribution in [1.29, 1.82) is 0 Å². The average molecular weight is 186 g/mol. The fraction of sp³-hybridized carbons (Fsp3) is 0.900. The third kappa shape index (κ3) is 5.64. The number of nitrogens with one attached hydrogen (secondary N) is 1. The van der Waals surface area contributed by atoms with E-state index in [1.54, 1.807) is 19.0 Å². The van der Waals surface area contributed by atoms with Gasteiger partial charge in [0, 0.05) is 14.1 Å². The summed E-state index contributed by atoms with van der Waals surface area (Å²) in [4.78, 5) is 12.8. The molecule has 0 aliphatic heterocycles. The minimum Gasteiger partial charge on any atom is -0.348 e. The van der Waals surface area contributed by atoms with Crippen molar-refractivity contribution in [3.05, 3.63) is 0 Å². The van der Waals surface area contributed by atoms with Gasteiger partial charge in [0.05, 0.1) is 6.54 Å². The quantitative estimate of drug-likeness (QED) is 0.693. The van der Waals surface area contributed by atoms with E-state index in [4.69, 9.17) is 0 Å². The molecule has 0 aromatic carbocycles. The van der Waals surface area contributed by atoms with E-state index in [-0.39, 0.29) is 5.91 Å². The molecule has 0 rings (SSSR count). The molecule has 0 bridgehead atoms. The van der Waals surface area contributed by atoms with Crippen LogP contribution in [-0.4, -0.2) is 38.0 Å². The van der Waals surface area contributed by atoms with E-state index in [0.29, 0.717) is 18.4 Å². The molecule has 78 valence electrons. The number of carbonyl (C=O) groups is 1. The highest BCUT2D eigenvalue weighted by atomic mass is 16.2. The lowest BCUT2D eigenvalue weighted by Crippen LogP contribution is -2.35. The average Bonchev–Trinajstić information content (AvgIpc) is 2.03. The van der Waals surface area contributed by atoms with E-state index < -0.39 is 0 Å². The lowest BCUT2D eigenvalue weighted by molar-refractivity contribution is -0.127. The molecule has 0 heterocycles. The van der Waals surface area contributed by atoms with Crippen molar-refractivity contribution in [2.24, 2.45) is 11.8 Å². The lowest BCUT2D eigenvalue weighted by atomic mass is 9.98. The first-order valence-corrected chi connectivity index (χ1v) is 4.86. The zero-order valence-electron chi connectivity index (χ0n) is 9.42. The summed E-state index contributed by atoms with van der Waals surface area (Å²) in [5.74, 6) is 1.42. The van der Waals surface area contributed by atoms with Gasteiger partial charge in [-0.2, -0.15) is 0 Å². The largest absolute Gasteiger partial charge is 0.348 e. The van der Waals surface area contributed by atoms with Crippen LogP contribution < -0.4 is 5.32 Å². The predicted molar refractivity (Wildman–Crippen MR) is 55.6 cm³/mol. The number of rotatable bonds is 5. The number of nitrogens with zero attached hydrogens (tertiary/aromatic N) is 1. The molecular weight excluding hydrogens is 164 g/mol. The van der Waals surface area contributed by atoms with Crippen molar-refractivity contribution in [3.8, 4) is 0 Å². The zero-order valence-corrected chi connectivity index (χ0v) is 9.42. The summed E-state index contributed by atoms with van der Waals surface area (Å²) in [6.45, 7) is 7.94. The van der Waals surface area contributed by atoms with Gasteiger partial charge in [-0.15, -0.1) is 0 Å². The van der Waals surface area contributed by atoms with Gasteiger partial charge < -0.3 is 10.2 Å². The van der Waals surface area contributed by atoms with Crippen molar-refractivity contribution in [2.45, 2.75) is 20.8 Å². The van der Waals surface area contributed by atoms with E-state index >= 15 is 0 Å². The van der Waals surface area contributed by atoms with Crippen LogP contribution in [-0.2, 0) is 4.79 Å². The fourth-order valence-corrected chi connectivity index (χ4v) is 0.801. The number of carbonyl (C=O) groups excluding carboxylic acids is 1. The maximum absolute atomic E-state index is 11.2. The van der Waals surface area contributed by atoms with Crippen molar-refractivity contribution >= 4 is 5.91 Å². The Kier molecular flexibility index (Phi) is 5.71. The third-order valence-electron chi connectivity index (χ3n) is 2.38. The second-order valence-corrected chi connectivity index (χ2v) is 4.14. The van der Waals surface area contributed by atoms with Crippen LogP contribution in [0.2, 0.25) is 0 Å². The van der Waals surface area contributed by atoms with Gasteiger partial charge in [-0.05, 0) is 18.4 Å². The van der Waals surface area contributed by atoms with Crippen LogP contribution in [0.3, 0.4) is 0 Å². The summed E-state index contributed by atoms with van der Waals surface area (Å²) in [6, 6.07) is 0. The molecule has 1 N–H and O–H groups in total. The molecule has 0 saturated heterocycles. The minimum absolute atomic E-state index is 0.135. The Morgan fingerprint density at radius 3 is 2.23 bits per heavy atom. The molecule has 0 aromatic rings. The van der Waals surface area contributed by atoms with E-state index in [2.05, 4.69) is 26.1 Å². The van der Waals surface area contributed by atoms with Crippen LogP contribution in [0.1, 0.15) is 20.8 Å². The molecule has 3 nitrogen and oxygen atoms in total.